The molecule has 0 radical (unpaired) electrons. The van der Waals surface area contributed by atoms with Gasteiger partial charge in [0.25, 0.3) is 0 Å². The fraction of sp³-hybridized carbons (Fsp3) is 0.133. The predicted molar refractivity (Wildman–Crippen MR) is 80.0 cm³/mol. The van der Waals surface area contributed by atoms with Gasteiger partial charge in [-0.2, -0.15) is 0 Å². The molecule has 0 spiro atoms. The summed E-state index contributed by atoms with van der Waals surface area (Å²) in [5.74, 6) is 0.855. The van der Waals surface area contributed by atoms with Gasteiger partial charge in [-0.05, 0) is 36.4 Å². The Kier molecular flexibility index (Phi) is 4.58. The largest absolute Gasteiger partial charge is 0.497 e. The lowest BCUT2D eigenvalue weighted by Crippen LogP contribution is -2.13. The number of benzene rings is 2. The molecule has 2 aromatic carbocycles. The van der Waals surface area contributed by atoms with Crippen molar-refractivity contribution in [2.75, 3.05) is 19.0 Å². The first-order chi connectivity index (χ1) is 9.19. The van der Waals surface area contributed by atoms with Crippen molar-refractivity contribution in [1.82, 2.24) is 0 Å². The van der Waals surface area contributed by atoms with Gasteiger partial charge in [-0.1, -0.05) is 28.1 Å². The number of rotatable bonds is 5. The quantitative estimate of drug-likeness (QED) is 0.853. The van der Waals surface area contributed by atoms with Crippen molar-refractivity contribution in [3.8, 4) is 5.75 Å². The van der Waals surface area contributed by atoms with Crippen molar-refractivity contribution in [3.63, 3.8) is 0 Å². The summed E-state index contributed by atoms with van der Waals surface area (Å²) in [5.41, 5.74) is 1.59. The van der Waals surface area contributed by atoms with Gasteiger partial charge in [-0.3, -0.25) is 4.79 Å². The van der Waals surface area contributed by atoms with E-state index >= 15 is 0 Å². The molecule has 0 aliphatic carbocycles. The van der Waals surface area contributed by atoms with Gasteiger partial charge in [0.1, 0.15) is 5.75 Å². The number of ether oxygens (including phenoxy) is 1. The summed E-state index contributed by atoms with van der Waals surface area (Å²) in [7, 11) is 1.62. The average molecular weight is 320 g/mol. The molecule has 19 heavy (non-hydrogen) atoms. The molecule has 4 heteroatoms. The van der Waals surface area contributed by atoms with E-state index in [2.05, 4.69) is 21.2 Å². The standard InChI is InChI=1S/C15H14BrNO2/c1-19-14-8-6-13(7-9-14)17-10-15(18)11-2-4-12(16)5-3-11/h2-9,17H,10H2,1H3. The topological polar surface area (TPSA) is 38.3 Å². The monoisotopic (exact) mass is 319 g/mol. The van der Waals surface area contributed by atoms with E-state index in [0.717, 1.165) is 15.9 Å². The molecule has 98 valence electrons. The zero-order valence-corrected chi connectivity index (χ0v) is 12.1. The highest BCUT2D eigenvalue weighted by molar-refractivity contribution is 9.10. The van der Waals surface area contributed by atoms with Crippen molar-refractivity contribution in [2.24, 2.45) is 0 Å². The normalized spacial score (nSPS) is 10.0. The number of anilines is 1. The van der Waals surface area contributed by atoms with Crippen LogP contribution in [0.5, 0.6) is 5.75 Å². The van der Waals surface area contributed by atoms with Crippen LogP contribution >= 0.6 is 15.9 Å². The van der Waals surface area contributed by atoms with Crippen LogP contribution in [0.2, 0.25) is 0 Å². The summed E-state index contributed by atoms with van der Waals surface area (Å²) in [6, 6.07) is 14.8. The van der Waals surface area contributed by atoms with E-state index in [0.29, 0.717) is 5.56 Å². The lowest BCUT2D eigenvalue weighted by Gasteiger charge is -2.07. The lowest BCUT2D eigenvalue weighted by atomic mass is 10.1. The molecule has 2 aromatic rings. The second kappa shape index (κ2) is 6.38. The summed E-state index contributed by atoms with van der Waals surface area (Å²) in [5, 5.41) is 3.09. The van der Waals surface area contributed by atoms with Gasteiger partial charge < -0.3 is 10.1 Å². The summed E-state index contributed by atoms with van der Waals surface area (Å²) in [6.07, 6.45) is 0. The van der Waals surface area contributed by atoms with Gasteiger partial charge in [-0.25, -0.2) is 0 Å². The molecule has 0 fully saturated rings. The van der Waals surface area contributed by atoms with Gasteiger partial charge in [0.2, 0.25) is 0 Å². The zero-order chi connectivity index (χ0) is 13.7. The number of hydrogen-bond donors (Lipinski definition) is 1. The maximum Gasteiger partial charge on any atom is 0.181 e. The third-order valence-corrected chi connectivity index (χ3v) is 3.24. The number of halogens is 1. The van der Waals surface area contributed by atoms with Gasteiger partial charge in [0.05, 0.1) is 13.7 Å². The molecule has 0 aromatic heterocycles. The molecule has 0 saturated heterocycles. The van der Waals surface area contributed by atoms with Crippen LogP contribution in [0, 0.1) is 0 Å². The second-order valence-electron chi connectivity index (χ2n) is 4.01. The minimum Gasteiger partial charge on any atom is -0.497 e. The van der Waals surface area contributed by atoms with Gasteiger partial charge >= 0.3 is 0 Å². The van der Waals surface area contributed by atoms with Crippen LogP contribution in [0.1, 0.15) is 10.4 Å². The average Bonchev–Trinajstić information content (AvgIpc) is 2.46. The van der Waals surface area contributed by atoms with Crippen molar-refractivity contribution in [2.45, 2.75) is 0 Å². The van der Waals surface area contributed by atoms with E-state index in [1.165, 1.54) is 0 Å². The second-order valence-corrected chi connectivity index (χ2v) is 4.93. The molecule has 0 heterocycles. The van der Waals surface area contributed by atoms with Crippen molar-refractivity contribution in [1.29, 1.82) is 0 Å². The number of ketones is 1. The van der Waals surface area contributed by atoms with Crippen LogP contribution in [-0.2, 0) is 0 Å². The van der Waals surface area contributed by atoms with E-state index in [4.69, 9.17) is 4.74 Å². The SMILES string of the molecule is COc1ccc(NCC(=O)c2ccc(Br)cc2)cc1. The molecule has 1 N–H and O–H groups in total. The van der Waals surface area contributed by atoms with E-state index in [-0.39, 0.29) is 12.3 Å². The number of Topliss-reactive ketones (excluding diaryl/α,β-unsaturated/α-hetero) is 1. The number of carbonyl (C=O) groups is 1. The molecular weight excluding hydrogens is 306 g/mol. The number of carbonyl (C=O) groups excluding carboxylic acids is 1. The van der Waals surface area contributed by atoms with Crippen LogP contribution in [0.15, 0.2) is 53.0 Å². The molecule has 0 aliphatic heterocycles. The van der Waals surface area contributed by atoms with Crippen molar-refractivity contribution < 1.29 is 9.53 Å². The Balaban J connectivity index is 1.94. The maximum atomic E-state index is 11.9. The zero-order valence-electron chi connectivity index (χ0n) is 10.5. The first-order valence-electron chi connectivity index (χ1n) is 5.86. The van der Waals surface area contributed by atoms with Crippen molar-refractivity contribution in [3.05, 3.63) is 58.6 Å². The summed E-state index contributed by atoms with van der Waals surface area (Å²) < 4.78 is 6.04. The van der Waals surface area contributed by atoms with E-state index in [1.807, 2.05) is 48.5 Å². The van der Waals surface area contributed by atoms with Gasteiger partial charge in [0, 0.05) is 15.7 Å². The minimum atomic E-state index is 0.0586. The molecule has 0 saturated carbocycles. The molecule has 0 bridgehead atoms. The molecule has 0 amide bonds. The van der Waals surface area contributed by atoms with Crippen LogP contribution < -0.4 is 10.1 Å². The lowest BCUT2D eigenvalue weighted by molar-refractivity contribution is 0.101. The molecule has 0 atom stereocenters. The number of hydrogen-bond acceptors (Lipinski definition) is 3. The molecular formula is C15H14BrNO2. The van der Waals surface area contributed by atoms with Gasteiger partial charge in [-0.15, -0.1) is 0 Å². The van der Waals surface area contributed by atoms with Crippen molar-refractivity contribution >= 4 is 27.4 Å². The third kappa shape index (κ3) is 3.83. The maximum absolute atomic E-state index is 11.9. The Bertz CT molecular complexity index is 549. The third-order valence-electron chi connectivity index (χ3n) is 2.71. The Morgan fingerprint density at radius 2 is 1.74 bits per heavy atom. The number of nitrogens with one attached hydrogen (secondary N) is 1. The number of methoxy groups -OCH3 is 1. The highest BCUT2D eigenvalue weighted by atomic mass is 79.9. The first kappa shape index (κ1) is 13.6. The molecule has 0 aliphatic rings. The highest BCUT2D eigenvalue weighted by Gasteiger charge is 2.05. The summed E-state index contributed by atoms with van der Waals surface area (Å²) in [4.78, 5) is 11.9. The fourth-order valence-electron chi connectivity index (χ4n) is 1.63. The minimum absolute atomic E-state index is 0.0586. The van der Waals surface area contributed by atoms with E-state index in [9.17, 15) is 4.79 Å². The van der Waals surface area contributed by atoms with Crippen LogP contribution in [0.4, 0.5) is 5.69 Å². The Labute approximate surface area is 120 Å². The van der Waals surface area contributed by atoms with Gasteiger partial charge in [0.15, 0.2) is 5.78 Å². The fourth-order valence-corrected chi connectivity index (χ4v) is 1.89. The van der Waals surface area contributed by atoms with Crippen LogP contribution in [0.3, 0.4) is 0 Å². The summed E-state index contributed by atoms with van der Waals surface area (Å²) in [6.45, 7) is 0.272. The van der Waals surface area contributed by atoms with Crippen LogP contribution in [-0.4, -0.2) is 19.4 Å². The Morgan fingerprint density at radius 1 is 1.11 bits per heavy atom. The Morgan fingerprint density at radius 3 is 2.32 bits per heavy atom. The van der Waals surface area contributed by atoms with E-state index in [1.54, 1.807) is 7.11 Å². The first-order valence-corrected chi connectivity index (χ1v) is 6.65. The predicted octanol–water partition coefficient (Wildman–Crippen LogP) is 3.75. The Hall–Kier alpha value is -1.81. The smallest absolute Gasteiger partial charge is 0.181 e. The van der Waals surface area contributed by atoms with Crippen LogP contribution in [0.25, 0.3) is 0 Å². The van der Waals surface area contributed by atoms with E-state index < -0.39 is 0 Å². The summed E-state index contributed by atoms with van der Waals surface area (Å²) >= 11 is 3.35. The molecule has 3 nitrogen and oxygen atoms in total. The highest BCUT2D eigenvalue weighted by Crippen LogP contribution is 2.15. The molecule has 2 rings (SSSR count). The molecule has 0 unspecified atom stereocenters.